The molecule has 3 heterocycles. The van der Waals surface area contributed by atoms with Crippen LogP contribution in [0.25, 0.3) is 11.0 Å². The molecule has 4 atom stereocenters. The van der Waals surface area contributed by atoms with Crippen LogP contribution in [0.15, 0.2) is 12.5 Å². The topological polar surface area (TPSA) is 136 Å². The van der Waals surface area contributed by atoms with Crippen LogP contribution in [0.3, 0.4) is 0 Å². The van der Waals surface area contributed by atoms with E-state index in [0.29, 0.717) is 34.9 Å². The molecule has 0 aromatic carbocycles. The Hall–Kier alpha value is -2.25. The van der Waals surface area contributed by atoms with Gasteiger partial charge in [-0.15, -0.1) is 0 Å². The van der Waals surface area contributed by atoms with Gasteiger partial charge in [0.15, 0.2) is 6.23 Å². The Morgan fingerprint density at radius 1 is 1.35 bits per heavy atom. The highest BCUT2D eigenvalue weighted by Crippen LogP contribution is 2.34. The summed E-state index contributed by atoms with van der Waals surface area (Å²) in [6.07, 6.45) is -0.483. The van der Waals surface area contributed by atoms with Gasteiger partial charge in [0.25, 0.3) is 0 Å². The third-order valence-corrected chi connectivity index (χ3v) is 4.54. The molecule has 26 heavy (non-hydrogen) atoms. The monoisotopic (exact) mass is 361 g/mol. The lowest BCUT2D eigenvalue weighted by atomic mass is 10.1. The van der Waals surface area contributed by atoms with Gasteiger partial charge in [0.2, 0.25) is 0 Å². The second-order valence-electron chi connectivity index (χ2n) is 6.82. The highest BCUT2D eigenvalue weighted by Gasteiger charge is 2.44. The Kier molecular flexibility index (Phi) is 5.38. The largest absolute Gasteiger partial charge is 0.394 e. The SMILES string of the molecule is CC(C)CCNc1ncnc2c1c(C#N)cn2[C@@H]1OC(CO)C(O)[C@H]1O. The lowest BCUT2D eigenvalue weighted by Gasteiger charge is -2.17. The molecule has 9 nitrogen and oxygen atoms in total. The number of aliphatic hydroxyl groups is 3. The van der Waals surface area contributed by atoms with Crippen LogP contribution in [0.5, 0.6) is 0 Å². The molecule has 1 aliphatic heterocycles. The van der Waals surface area contributed by atoms with Crippen molar-refractivity contribution >= 4 is 16.9 Å². The average molecular weight is 361 g/mol. The molecule has 0 bridgehead atoms. The first-order valence-electron chi connectivity index (χ1n) is 8.59. The highest BCUT2D eigenvalue weighted by atomic mass is 16.6. The highest BCUT2D eigenvalue weighted by molar-refractivity contribution is 5.93. The summed E-state index contributed by atoms with van der Waals surface area (Å²) in [5, 5.41) is 42.8. The summed E-state index contributed by atoms with van der Waals surface area (Å²) in [5.74, 6) is 1.07. The normalized spacial score (nSPS) is 25.7. The number of anilines is 1. The summed E-state index contributed by atoms with van der Waals surface area (Å²) < 4.78 is 7.07. The van der Waals surface area contributed by atoms with Crippen molar-refractivity contribution in [3.63, 3.8) is 0 Å². The standard InChI is InChI=1S/C17H23N5O4/c1-9(2)3-4-19-15-12-10(5-18)6-22(16(12)21-8-20-15)17-14(25)13(24)11(7-23)26-17/h6,8-9,11,13-14,17,23-25H,3-4,7H2,1-2H3,(H,19,20,21)/t11?,13?,14-,17-/m1/s1. The summed E-state index contributed by atoms with van der Waals surface area (Å²) in [7, 11) is 0. The number of aromatic nitrogens is 3. The molecule has 0 spiro atoms. The number of nitrogens with zero attached hydrogens (tertiary/aromatic N) is 4. The molecule has 2 aromatic heterocycles. The predicted molar refractivity (Wildman–Crippen MR) is 93.2 cm³/mol. The van der Waals surface area contributed by atoms with Crippen molar-refractivity contribution in [3.8, 4) is 6.07 Å². The van der Waals surface area contributed by atoms with Crippen LogP contribution in [0.2, 0.25) is 0 Å². The molecule has 140 valence electrons. The molecule has 0 saturated carbocycles. The summed E-state index contributed by atoms with van der Waals surface area (Å²) in [5.41, 5.74) is 0.754. The van der Waals surface area contributed by atoms with Crippen molar-refractivity contribution in [3.05, 3.63) is 18.1 Å². The van der Waals surface area contributed by atoms with E-state index in [1.165, 1.54) is 17.1 Å². The van der Waals surface area contributed by atoms with Crippen LogP contribution in [0.4, 0.5) is 5.82 Å². The van der Waals surface area contributed by atoms with Gasteiger partial charge >= 0.3 is 0 Å². The predicted octanol–water partition coefficient (Wildman–Crippen LogP) is 0.372. The lowest BCUT2D eigenvalue weighted by molar-refractivity contribution is -0.0508. The molecule has 1 saturated heterocycles. The minimum absolute atomic E-state index is 0.338. The first kappa shape index (κ1) is 18.5. The Labute approximate surface area is 150 Å². The van der Waals surface area contributed by atoms with E-state index in [-0.39, 0.29) is 0 Å². The van der Waals surface area contributed by atoms with Gasteiger partial charge in [-0.3, -0.25) is 0 Å². The Balaban J connectivity index is 2.00. The van der Waals surface area contributed by atoms with E-state index in [4.69, 9.17) is 4.74 Å². The van der Waals surface area contributed by atoms with E-state index in [0.717, 1.165) is 6.42 Å². The quantitative estimate of drug-likeness (QED) is 0.579. The summed E-state index contributed by atoms with van der Waals surface area (Å²) in [6.45, 7) is 4.52. The van der Waals surface area contributed by atoms with E-state index in [1.807, 2.05) is 0 Å². The molecule has 4 N–H and O–H groups in total. The van der Waals surface area contributed by atoms with Gasteiger partial charge in [-0.1, -0.05) is 13.8 Å². The van der Waals surface area contributed by atoms with Crippen LogP contribution in [-0.2, 0) is 4.74 Å². The maximum atomic E-state index is 10.3. The van der Waals surface area contributed by atoms with Gasteiger partial charge < -0.3 is 29.9 Å². The molecule has 0 aliphatic carbocycles. The number of ether oxygens (including phenoxy) is 1. The summed E-state index contributed by atoms with van der Waals surface area (Å²) in [6, 6.07) is 2.11. The number of fused-ring (bicyclic) bond motifs is 1. The molecule has 1 aliphatic rings. The van der Waals surface area contributed by atoms with E-state index in [1.54, 1.807) is 0 Å². The fourth-order valence-electron chi connectivity index (χ4n) is 3.09. The van der Waals surface area contributed by atoms with E-state index < -0.39 is 31.1 Å². The average Bonchev–Trinajstić information content (AvgIpc) is 3.13. The molecular formula is C17H23N5O4. The molecule has 0 amide bonds. The number of hydrogen-bond donors (Lipinski definition) is 4. The number of rotatable bonds is 6. The lowest BCUT2D eigenvalue weighted by Crippen LogP contribution is -2.33. The summed E-state index contributed by atoms with van der Waals surface area (Å²) in [4.78, 5) is 8.47. The molecule has 2 aromatic rings. The zero-order valence-electron chi connectivity index (χ0n) is 14.7. The zero-order valence-corrected chi connectivity index (χ0v) is 14.7. The van der Waals surface area contributed by atoms with Gasteiger partial charge in [0.1, 0.15) is 42.2 Å². The fourth-order valence-corrected chi connectivity index (χ4v) is 3.09. The number of hydrogen-bond acceptors (Lipinski definition) is 8. The fraction of sp³-hybridized carbons (Fsp3) is 0.588. The second-order valence-corrected chi connectivity index (χ2v) is 6.82. The van der Waals surface area contributed by atoms with Crippen molar-refractivity contribution in [1.29, 1.82) is 5.26 Å². The minimum atomic E-state index is -1.25. The summed E-state index contributed by atoms with van der Waals surface area (Å²) >= 11 is 0. The second kappa shape index (κ2) is 7.55. The zero-order chi connectivity index (χ0) is 18.8. The van der Waals surface area contributed by atoms with Crippen molar-refractivity contribution < 1.29 is 20.1 Å². The smallest absolute Gasteiger partial charge is 0.164 e. The van der Waals surface area contributed by atoms with Crippen LogP contribution in [0.1, 0.15) is 32.1 Å². The molecule has 9 heteroatoms. The molecule has 2 unspecified atom stereocenters. The Morgan fingerprint density at radius 3 is 2.73 bits per heavy atom. The van der Waals surface area contributed by atoms with Gasteiger partial charge in [0, 0.05) is 12.7 Å². The van der Waals surface area contributed by atoms with Crippen LogP contribution in [-0.4, -0.2) is 61.3 Å². The first-order valence-corrected chi connectivity index (χ1v) is 8.59. The van der Waals surface area contributed by atoms with Crippen LogP contribution < -0.4 is 5.32 Å². The van der Waals surface area contributed by atoms with E-state index >= 15 is 0 Å². The van der Waals surface area contributed by atoms with E-state index in [2.05, 4.69) is 35.2 Å². The molecule has 0 radical (unpaired) electrons. The van der Waals surface area contributed by atoms with Crippen LogP contribution >= 0.6 is 0 Å². The number of aliphatic hydroxyl groups excluding tert-OH is 3. The van der Waals surface area contributed by atoms with Crippen molar-refractivity contribution in [2.75, 3.05) is 18.5 Å². The maximum Gasteiger partial charge on any atom is 0.164 e. The van der Waals surface area contributed by atoms with Crippen molar-refractivity contribution in [1.82, 2.24) is 14.5 Å². The maximum absolute atomic E-state index is 10.3. The van der Waals surface area contributed by atoms with Gasteiger partial charge in [0.05, 0.1) is 17.6 Å². The van der Waals surface area contributed by atoms with Gasteiger partial charge in [-0.25, -0.2) is 9.97 Å². The number of nitrogens with one attached hydrogen (secondary N) is 1. The van der Waals surface area contributed by atoms with Crippen LogP contribution in [0, 0.1) is 17.2 Å². The van der Waals surface area contributed by atoms with E-state index in [9.17, 15) is 20.6 Å². The Bertz CT molecular complexity index is 815. The molecule has 1 fully saturated rings. The molecular weight excluding hydrogens is 338 g/mol. The van der Waals surface area contributed by atoms with Gasteiger partial charge in [-0.05, 0) is 12.3 Å². The minimum Gasteiger partial charge on any atom is -0.394 e. The van der Waals surface area contributed by atoms with Crippen molar-refractivity contribution in [2.24, 2.45) is 5.92 Å². The Morgan fingerprint density at radius 2 is 2.12 bits per heavy atom. The third kappa shape index (κ3) is 3.24. The molecule has 3 rings (SSSR count). The van der Waals surface area contributed by atoms with Gasteiger partial charge in [-0.2, -0.15) is 5.26 Å². The van der Waals surface area contributed by atoms with Crippen molar-refractivity contribution in [2.45, 2.75) is 44.8 Å². The first-order chi connectivity index (χ1) is 12.5. The number of nitriles is 1. The third-order valence-electron chi connectivity index (χ3n) is 4.54.